The predicted octanol–water partition coefficient (Wildman–Crippen LogP) is 5.56. The molecule has 2 aromatic rings. The fraction of sp³-hybridized carbons (Fsp3) is 0.500. The predicted molar refractivity (Wildman–Crippen MR) is 126 cm³/mol. The van der Waals surface area contributed by atoms with Crippen LogP contribution in [0.2, 0.25) is 0 Å². The van der Waals surface area contributed by atoms with Gasteiger partial charge in [0, 0.05) is 40.9 Å². The van der Waals surface area contributed by atoms with Crippen LogP contribution in [0, 0.1) is 18.7 Å². The van der Waals surface area contributed by atoms with Gasteiger partial charge in [-0.3, -0.25) is 4.79 Å². The molecular weight excluding hydrogens is 407 g/mol. The van der Waals surface area contributed by atoms with E-state index >= 15 is 0 Å². The zero-order valence-electron chi connectivity index (χ0n) is 18.4. The van der Waals surface area contributed by atoms with Crippen molar-refractivity contribution in [3.05, 3.63) is 58.9 Å². The topological polar surface area (TPSA) is 32.3 Å². The second-order valence-electron chi connectivity index (χ2n) is 9.43. The van der Waals surface area contributed by atoms with E-state index in [1.54, 1.807) is 19.1 Å². The van der Waals surface area contributed by atoms with E-state index in [9.17, 15) is 9.18 Å². The molecule has 1 saturated heterocycles. The molecule has 0 aromatic heterocycles. The van der Waals surface area contributed by atoms with Gasteiger partial charge in [0.15, 0.2) is 5.78 Å². The van der Waals surface area contributed by atoms with Gasteiger partial charge in [0.2, 0.25) is 0 Å². The van der Waals surface area contributed by atoms with Crippen LogP contribution in [0.1, 0.15) is 60.0 Å². The number of Topliss-reactive ketones (excluding diaryl/α,β-unsaturated/α-hetero) is 1. The van der Waals surface area contributed by atoms with Gasteiger partial charge in [0.25, 0.3) is 0 Å². The molecule has 0 spiro atoms. The van der Waals surface area contributed by atoms with Crippen molar-refractivity contribution >= 4 is 23.2 Å². The highest BCUT2D eigenvalue weighted by molar-refractivity contribution is 7.99. The summed E-state index contributed by atoms with van der Waals surface area (Å²) in [6.07, 6.45) is 4.20. The molecule has 0 bridgehead atoms. The quantitative estimate of drug-likeness (QED) is 0.619. The average molecular weight is 439 g/mol. The molecule has 0 radical (unpaired) electrons. The lowest BCUT2D eigenvalue weighted by Crippen LogP contribution is -2.56. The monoisotopic (exact) mass is 438 g/mol. The first-order chi connectivity index (χ1) is 15.0. The van der Waals surface area contributed by atoms with E-state index in [0.29, 0.717) is 17.0 Å². The molecule has 1 N–H and O–H groups in total. The summed E-state index contributed by atoms with van der Waals surface area (Å²) >= 11 is 1.99. The van der Waals surface area contributed by atoms with Crippen molar-refractivity contribution in [2.24, 2.45) is 5.92 Å². The van der Waals surface area contributed by atoms with Gasteiger partial charge in [-0.1, -0.05) is 19.1 Å². The molecule has 0 saturated carbocycles. The number of carbonyl (C=O) groups excluding carboxylic acids is 1. The smallest absolute Gasteiger partial charge is 0.165 e. The van der Waals surface area contributed by atoms with Crippen LogP contribution < -0.4 is 10.2 Å². The number of para-hydroxylation sites is 1. The number of nitrogens with zero attached hydrogens (tertiary/aromatic N) is 1. The Bertz CT molecular complexity index is 1010. The van der Waals surface area contributed by atoms with Crippen molar-refractivity contribution < 1.29 is 9.18 Å². The standard InChI is InChI=1S/C26H31FN2OS/c1-17(25(30)19-7-8-22(27)18(2)15-19)9-10-26-11-12-28-16-21(26)20-5-3-6-23-24(20)29(26)13-4-14-31-23/h3,5-8,15,17,21,28H,4,9-14,16H2,1-2H3. The molecule has 1 fully saturated rings. The highest BCUT2D eigenvalue weighted by Gasteiger charge is 2.53. The second-order valence-corrected chi connectivity index (χ2v) is 10.6. The lowest BCUT2D eigenvalue weighted by molar-refractivity contribution is 0.0913. The van der Waals surface area contributed by atoms with Crippen molar-refractivity contribution in [1.29, 1.82) is 0 Å². The van der Waals surface area contributed by atoms with Crippen LogP contribution in [-0.4, -0.2) is 36.7 Å². The Morgan fingerprint density at radius 2 is 2.23 bits per heavy atom. The fourth-order valence-corrected chi connectivity index (χ4v) is 6.97. The minimum absolute atomic E-state index is 0.0701. The minimum Gasteiger partial charge on any atom is -0.364 e. The normalized spacial score (nSPS) is 25.5. The van der Waals surface area contributed by atoms with E-state index in [1.165, 1.54) is 34.4 Å². The number of thioether (sulfide) groups is 1. The average Bonchev–Trinajstić information content (AvgIpc) is 2.90. The number of hydrogen-bond donors (Lipinski definition) is 1. The number of nitrogens with one attached hydrogen (secondary N) is 1. The van der Waals surface area contributed by atoms with Gasteiger partial charge in [-0.25, -0.2) is 4.39 Å². The molecule has 2 aromatic carbocycles. The minimum atomic E-state index is -0.251. The summed E-state index contributed by atoms with van der Waals surface area (Å²) in [5.41, 5.74) is 4.23. The number of hydrogen-bond acceptors (Lipinski definition) is 4. The molecular formula is C26H31FN2OS. The first-order valence-electron chi connectivity index (χ1n) is 11.6. The number of fused-ring (bicyclic) bond motifs is 3. The summed E-state index contributed by atoms with van der Waals surface area (Å²) in [6.45, 7) is 6.91. The van der Waals surface area contributed by atoms with Gasteiger partial charge in [-0.2, -0.15) is 0 Å². The first kappa shape index (κ1) is 21.0. The molecule has 3 unspecified atom stereocenters. The highest BCUT2D eigenvalue weighted by atomic mass is 32.2. The van der Waals surface area contributed by atoms with Crippen LogP contribution in [0.4, 0.5) is 10.1 Å². The third-order valence-electron chi connectivity index (χ3n) is 7.63. The number of ketones is 1. The number of benzene rings is 2. The Balaban J connectivity index is 1.41. The summed E-state index contributed by atoms with van der Waals surface area (Å²) in [6, 6.07) is 11.6. The molecule has 3 aliphatic heterocycles. The van der Waals surface area contributed by atoms with E-state index in [2.05, 4.69) is 28.4 Å². The SMILES string of the molecule is Cc1cc(C(=O)C(C)CCC23CCNCC2c2cccc4c2N3CCCS4)ccc1F. The number of anilines is 1. The third-order valence-corrected chi connectivity index (χ3v) is 8.76. The van der Waals surface area contributed by atoms with Crippen LogP contribution in [0.15, 0.2) is 41.3 Å². The Hall–Kier alpha value is -1.85. The van der Waals surface area contributed by atoms with Crippen molar-refractivity contribution in [3.8, 4) is 0 Å². The number of rotatable bonds is 5. The van der Waals surface area contributed by atoms with E-state index < -0.39 is 0 Å². The molecule has 31 heavy (non-hydrogen) atoms. The second kappa shape index (κ2) is 8.25. The summed E-state index contributed by atoms with van der Waals surface area (Å²) in [5, 5.41) is 3.63. The zero-order chi connectivity index (χ0) is 21.6. The van der Waals surface area contributed by atoms with Crippen LogP contribution in [0.25, 0.3) is 0 Å². The van der Waals surface area contributed by atoms with Gasteiger partial charge < -0.3 is 10.2 Å². The van der Waals surface area contributed by atoms with E-state index in [0.717, 1.165) is 38.9 Å². The number of carbonyl (C=O) groups is 1. The van der Waals surface area contributed by atoms with Gasteiger partial charge >= 0.3 is 0 Å². The molecule has 5 heteroatoms. The van der Waals surface area contributed by atoms with Crippen LogP contribution in [0.5, 0.6) is 0 Å². The number of piperidine rings is 1. The van der Waals surface area contributed by atoms with E-state index in [-0.39, 0.29) is 23.1 Å². The summed E-state index contributed by atoms with van der Waals surface area (Å²) in [4.78, 5) is 17.3. The molecule has 164 valence electrons. The molecule has 3 heterocycles. The molecule has 5 rings (SSSR count). The summed E-state index contributed by atoms with van der Waals surface area (Å²) in [7, 11) is 0. The third kappa shape index (κ3) is 3.50. The van der Waals surface area contributed by atoms with Gasteiger partial charge in [0.05, 0.1) is 5.69 Å². The fourth-order valence-electron chi connectivity index (χ4n) is 5.94. The molecule has 3 nitrogen and oxygen atoms in total. The van der Waals surface area contributed by atoms with Crippen LogP contribution in [0.3, 0.4) is 0 Å². The van der Waals surface area contributed by atoms with E-state index in [4.69, 9.17) is 0 Å². The summed E-state index contributed by atoms with van der Waals surface area (Å²) in [5.74, 6) is 1.46. The maximum atomic E-state index is 13.7. The molecule has 0 aliphatic carbocycles. The number of halogens is 1. The van der Waals surface area contributed by atoms with Gasteiger partial charge in [-0.15, -0.1) is 11.8 Å². The van der Waals surface area contributed by atoms with Crippen molar-refractivity contribution in [2.45, 2.75) is 55.9 Å². The first-order valence-corrected chi connectivity index (χ1v) is 12.5. The van der Waals surface area contributed by atoms with Crippen molar-refractivity contribution in [3.63, 3.8) is 0 Å². The summed E-state index contributed by atoms with van der Waals surface area (Å²) < 4.78 is 13.7. The maximum Gasteiger partial charge on any atom is 0.165 e. The van der Waals surface area contributed by atoms with E-state index in [1.807, 2.05) is 18.7 Å². The van der Waals surface area contributed by atoms with Crippen molar-refractivity contribution in [1.82, 2.24) is 5.32 Å². The Kier molecular flexibility index (Phi) is 5.59. The Labute approximate surface area is 188 Å². The van der Waals surface area contributed by atoms with Gasteiger partial charge in [0.1, 0.15) is 5.82 Å². The lowest BCUT2D eigenvalue weighted by atomic mass is 9.72. The highest BCUT2D eigenvalue weighted by Crippen LogP contribution is 2.56. The van der Waals surface area contributed by atoms with Gasteiger partial charge in [-0.05, 0) is 80.3 Å². The number of aryl methyl sites for hydroxylation is 1. The molecule has 0 amide bonds. The zero-order valence-corrected chi connectivity index (χ0v) is 19.2. The molecule has 3 atom stereocenters. The molecule has 3 aliphatic rings. The van der Waals surface area contributed by atoms with Crippen molar-refractivity contribution in [2.75, 3.05) is 30.3 Å². The van der Waals surface area contributed by atoms with Crippen LogP contribution in [-0.2, 0) is 0 Å². The Morgan fingerprint density at radius 1 is 1.35 bits per heavy atom. The largest absolute Gasteiger partial charge is 0.364 e. The Morgan fingerprint density at radius 3 is 3.06 bits per heavy atom. The maximum absolute atomic E-state index is 13.7. The van der Waals surface area contributed by atoms with Crippen LogP contribution >= 0.6 is 11.8 Å². The lowest BCUT2D eigenvalue weighted by Gasteiger charge is -2.47.